The SMILES string of the molecule is CCC(Cl)CCC(=O)C1C(=O)CCC1=O. The third kappa shape index (κ3) is 3.13. The molecule has 0 saturated heterocycles. The lowest BCUT2D eigenvalue weighted by atomic mass is 9.96. The zero-order chi connectivity index (χ0) is 11.4. The van der Waals surface area contributed by atoms with E-state index in [1.165, 1.54) is 0 Å². The summed E-state index contributed by atoms with van der Waals surface area (Å²) in [5.74, 6) is -1.65. The van der Waals surface area contributed by atoms with E-state index in [-0.39, 0.29) is 42.0 Å². The second-order valence-electron chi connectivity index (χ2n) is 3.88. The van der Waals surface area contributed by atoms with Crippen LogP contribution in [0.2, 0.25) is 0 Å². The van der Waals surface area contributed by atoms with Crippen LogP contribution in [0.1, 0.15) is 39.0 Å². The van der Waals surface area contributed by atoms with Crippen molar-refractivity contribution in [2.45, 2.75) is 44.4 Å². The number of hydrogen-bond donors (Lipinski definition) is 0. The van der Waals surface area contributed by atoms with Crippen LogP contribution >= 0.6 is 11.6 Å². The fourth-order valence-electron chi connectivity index (χ4n) is 1.72. The first kappa shape index (κ1) is 12.4. The van der Waals surface area contributed by atoms with Crippen LogP contribution in [0.4, 0.5) is 0 Å². The van der Waals surface area contributed by atoms with Gasteiger partial charge in [-0.05, 0) is 12.8 Å². The summed E-state index contributed by atoms with van der Waals surface area (Å²) in [7, 11) is 0. The Morgan fingerprint density at radius 2 is 1.93 bits per heavy atom. The van der Waals surface area contributed by atoms with Crippen molar-refractivity contribution in [1.29, 1.82) is 0 Å². The summed E-state index contributed by atoms with van der Waals surface area (Å²) in [6, 6.07) is 0. The van der Waals surface area contributed by atoms with E-state index in [2.05, 4.69) is 0 Å². The number of Topliss-reactive ketones (excluding diaryl/α,β-unsaturated/α-hetero) is 3. The van der Waals surface area contributed by atoms with Gasteiger partial charge in [-0.2, -0.15) is 0 Å². The highest BCUT2D eigenvalue weighted by molar-refractivity contribution is 6.23. The Kier molecular flexibility index (Phi) is 4.45. The predicted molar refractivity (Wildman–Crippen MR) is 56.9 cm³/mol. The van der Waals surface area contributed by atoms with Crippen molar-refractivity contribution < 1.29 is 14.4 Å². The molecule has 0 bridgehead atoms. The molecule has 0 heterocycles. The largest absolute Gasteiger partial charge is 0.298 e. The topological polar surface area (TPSA) is 51.2 Å². The molecule has 1 aliphatic rings. The number of carbonyl (C=O) groups excluding carboxylic acids is 3. The molecule has 1 unspecified atom stereocenters. The number of ketones is 3. The Labute approximate surface area is 94.2 Å². The molecule has 0 amide bonds. The standard InChI is InChI=1S/C11H15ClO3/c1-2-7(12)3-4-8(13)11-9(14)5-6-10(11)15/h7,11H,2-6H2,1H3. The smallest absolute Gasteiger partial charge is 0.151 e. The molecule has 1 saturated carbocycles. The summed E-state index contributed by atoms with van der Waals surface area (Å²) in [5.41, 5.74) is 0. The van der Waals surface area contributed by atoms with Crippen molar-refractivity contribution >= 4 is 29.0 Å². The van der Waals surface area contributed by atoms with Crippen molar-refractivity contribution in [1.82, 2.24) is 0 Å². The Balaban J connectivity index is 2.46. The van der Waals surface area contributed by atoms with E-state index in [9.17, 15) is 14.4 Å². The number of carbonyl (C=O) groups is 3. The predicted octanol–water partition coefficient (Wildman–Crippen LogP) is 1.90. The molecule has 0 aromatic carbocycles. The minimum Gasteiger partial charge on any atom is -0.298 e. The minimum atomic E-state index is -0.967. The highest BCUT2D eigenvalue weighted by atomic mass is 35.5. The van der Waals surface area contributed by atoms with E-state index >= 15 is 0 Å². The van der Waals surface area contributed by atoms with E-state index in [0.29, 0.717) is 6.42 Å². The third-order valence-electron chi connectivity index (χ3n) is 2.73. The molecule has 0 aromatic rings. The second-order valence-corrected chi connectivity index (χ2v) is 4.49. The quantitative estimate of drug-likeness (QED) is 0.536. The van der Waals surface area contributed by atoms with Gasteiger partial charge in [0.25, 0.3) is 0 Å². The first-order chi connectivity index (χ1) is 7.06. The number of rotatable bonds is 5. The zero-order valence-electron chi connectivity index (χ0n) is 8.79. The van der Waals surface area contributed by atoms with Crippen LogP contribution in [0.25, 0.3) is 0 Å². The van der Waals surface area contributed by atoms with Gasteiger partial charge in [0.1, 0.15) is 5.92 Å². The molecule has 1 fully saturated rings. The van der Waals surface area contributed by atoms with E-state index in [1.807, 2.05) is 6.92 Å². The summed E-state index contributed by atoms with van der Waals surface area (Å²) in [6.45, 7) is 1.94. The lowest BCUT2D eigenvalue weighted by Gasteiger charge is -2.08. The van der Waals surface area contributed by atoms with Crippen molar-refractivity contribution in [3.63, 3.8) is 0 Å². The summed E-state index contributed by atoms with van der Waals surface area (Å²) in [6.07, 6.45) is 2.04. The molecule has 15 heavy (non-hydrogen) atoms. The fourth-order valence-corrected chi connectivity index (χ4v) is 1.83. The monoisotopic (exact) mass is 230 g/mol. The Morgan fingerprint density at radius 1 is 1.40 bits per heavy atom. The summed E-state index contributed by atoms with van der Waals surface area (Å²) < 4.78 is 0. The van der Waals surface area contributed by atoms with Crippen LogP contribution < -0.4 is 0 Å². The maximum absolute atomic E-state index is 11.6. The molecule has 1 rings (SSSR count). The normalized spacial score (nSPS) is 19.6. The number of halogens is 1. The van der Waals surface area contributed by atoms with Gasteiger partial charge in [-0.3, -0.25) is 14.4 Å². The Morgan fingerprint density at radius 3 is 2.40 bits per heavy atom. The van der Waals surface area contributed by atoms with Gasteiger partial charge < -0.3 is 0 Å². The van der Waals surface area contributed by atoms with Gasteiger partial charge in [0.15, 0.2) is 17.3 Å². The molecule has 1 atom stereocenters. The molecule has 84 valence electrons. The van der Waals surface area contributed by atoms with E-state index < -0.39 is 5.92 Å². The van der Waals surface area contributed by atoms with Gasteiger partial charge in [0.2, 0.25) is 0 Å². The summed E-state index contributed by atoms with van der Waals surface area (Å²) >= 11 is 5.87. The molecule has 3 nitrogen and oxygen atoms in total. The number of hydrogen-bond acceptors (Lipinski definition) is 3. The molecular formula is C11H15ClO3. The van der Waals surface area contributed by atoms with Crippen LogP contribution in [-0.4, -0.2) is 22.7 Å². The zero-order valence-corrected chi connectivity index (χ0v) is 9.55. The Bertz CT molecular complexity index is 270. The van der Waals surface area contributed by atoms with Crippen LogP contribution in [0, 0.1) is 5.92 Å². The lowest BCUT2D eigenvalue weighted by molar-refractivity contribution is -0.136. The fraction of sp³-hybridized carbons (Fsp3) is 0.727. The highest BCUT2D eigenvalue weighted by Crippen LogP contribution is 2.21. The first-order valence-electron chi connectivity index (χ1n) is 5.28. The molecule has 0 radical (unpaired) electrons. The van der Waals surface area contributed by atoms with Crippen LogP contribution in [0.3, 0.4) is 0 Å². The van der Waals surface area contributed by atoms with Gasteiger partial charge >= 0.3 is 0 Å². The molecule has 0 aliphatic heterocycles. The van der Waals surface area contributed by atoms with Crippen molar-refractivity contribution in [3.05, 3.63) is 0 Å². The summed E-state index contributed by atoms with van der Waals surface area (Å²) in [5, 5.41) is -0.0412. The second kappa shape index (κ2) is 5.40. The van der Waals surface area contributed by atoms with Crippen LogP contribution in [0.15, 0.2) is 0 Å². The maximum atomic E-state index is 11.6. The first-order valence-corrected chi connectivity index (χ1v) is 5.72. The Hall–Kier alpha value is -0.700. The molecule has 1 aliphatic carbocycles. The van der Waals surface area contributed by atoms with Crippen molar-refractivity contribution in [3.8, 4) is 0 Å². The average Bonchev–Trinajstić information content (AvgIpc) is 2.54. The van der Waals surface area contributed by atoms with Gasteiger partial charge in [0, 0.05) is 24.6 Å². The van der Waals surface area contributed by atoms with Gasteiger partial charge in [-0.1, -0.05) is 6.92 Å². The van der Waals surface area contributed by atoms with Crippen LogP contribution in [0.5, 0.6) is 0 Å². The number of alkyl halides is 1. The van der Waals surface area contributed by atoms with Gasteiger partial charge in [-0.15, -0.1) is 11.6 Å². The molecule has 0 aromatic heterocycles. The molecular weight excluding hydrogens is 216 g/mol. The van der Waals surface area contributed by atoms with Crippen molar-refractivity contribution in [2.24, 2.45) is 5.92 Å². The summed E-state index contributed by atoms with van der Waals surface area (Å²) in [4.78, 5) is 34.1. The third-order valence-corrected chi connectivity index (χ3v) is 3.26. The van der Waals surface area contributed by atoms with Crippen molar-refractivity contribution in [2.75, 3.05) is 0 Å². The average molecular weight is 231 g/mol. The van der Waals surface area contributed by atoms with E-state index in [1.54, 1.807) is 0 Å². The molecule has 0 N–H and O–H groups in total. The molecule has 4 heteroatoms. The van der Waals surface area contributed by atoms with Gasteiger partial charge in [-0.25, -0.2) is 0 Å². The molecule has 0 spiro atoms. The van der Waals surface area contributed by atoms with E-state index in [4.69, 9.17) is 11.6 Å². The van der Waals surface area contributed by atoms with Gasteiger partial charge in [0.05, 0.1) is 0 Å². The van der Waals surface area contributed by atoms with E-state index in [0.717, 1.165) is 6.42 Å². The van der Waals surface area contributed by atoms with Crippen LogP contribution in [-0.2, 0) is 14.4 Å². The maximum Gasteiger partial charge on any atom is 0.151 e. The lowest BCUT2D eigenvalue weighted by Crippen LogP contribution is -2.25. The minimum absolute atomic E-state index is 0.0412. The highest BCUT2D eigenvalue weighted by Gasteiger charge is 2.37.